The number of nitrogens with one attached hydrogen (secondary N) is 1. The number of carbonyl (C=O) groups is 1. The van der Waals surface area contributed by atoms with E-state index in [1.165, 1.54) is 25.6 Å². The number of pyridine rings is 1. The number of aryl methyl sites for hydroxylation is 1. The smallest absolute Gasteiger partial charge is 0.278 e. The van der Waals surface area contributed by atoms with Gasteiger partial charge < -0.3 is 20.3 Å². The molecule has 4 rings (SSSR count). The number of aromatic nitrogens is 3. The van der Waals surface area contributed by atoms with E-state index in [4.69, 9.17) is 27.9 Å². The molecular formula is C20H17Cl2IN4O5. The molecule has 2 unspecified atom stereocenters. The third kappa shape index (κ3) is 4.79. The van der Waals surface area contributed by atoms with E-state index in [-0.39, 0.29) is 32.5 Å². The number of hydrogen-bond acceptors (Lipinski definition) is 7. The van der Waals surface area contributed by atoms with Gasteiger partial charge in [-0.25, -0.2) is 4.68 Å². The maximum atomic E-state index is 12.8. The lowest BCUT2D eigenvalue weighted by Gasteiger charge is -2.19. The van der Waals surface area contributed by atoms with Gasteiger partial charge in [0.2, 0.25) is 0 Å². The molecule has 3 atom stereocenters. The van der Waals surface area contributed by atoms with Crippen LogP contribution < -0.4 is 10.9 Å². The molecule has 0 bridgehead atoms. The molecule has 0 radical (unpaired) electrons. The number of nitrogens with zero attached hydrogens (tertiary/aromatic N) is 3. The average molecular weight is 591 g/mol. The summed E-state index contributed by atoms with van der Waals surface area (Å²) in [6.07, 6.45) is 6.42. The van der Waals surface area contributed by atoms with Crippen LogP contribution in [0.25, 0.3) is 5.57 Å². The molecule has 2 aliphatic rings. The Kier molecular flexibility index (Phi) is 6.77. The van der Waals surface area contributed by atoms with Crippen LogP contribution in [0.2, 0.25) is 10.0 Å². The van der Waals surface area contributed by atoms with Crippen molar-refractivity contribution in [1.29, 1.82) is 0 Å². The fourth-order valence-corrected chi connectivity index (χ4v) is 6.08. The SMILES string of the molecule is Cn1ncc(O)c(C2=CI=C(C[C@H](NC(=O)c3c(Cl)cncc3Cl)C3OC3O)C=C2)c1=O. The Hall–Kier alpha value is -2.12. The first-order valence-electron chi connectivity index (χ1n) is 9.32. The zero-order valence-electron chi connectivity index (χ0n) is 16.5. The van der Waals surface area contributed by atoms with Crippen molar-refractivity contribution in [2.24, 2.45) is 7.05 Å². The molecule has 1 amide bonds. The number of aliphatic hydroxyl groups excluding tert-OH is 1. The lowest BCUT2D eigenvalue weighted by atomic mass is 10.0. The van der Waals surface area contributed by atoms with Crippen molar-refractivity contribution in [3.63, 3.8) is 0 Å². The van der Waals surface area contributed by atoms with Crippen molar-refractivity contribution < 1.29 is 19.7 Å². The van der Waals surface area contributed by atoms with Crippen molar-refractivity contribution in [2.75, 3.05) is 0 Å². The van der Waals surface area contributed by atoms with E-state index in [9.17, 15) is 19.8 Å². The number of rotatable bonds is 6. The third-order valence-corrected chi connectivity index (χ3v) is 8.03. The third-order valence-electron chi connectivity index (χ3n) is 4.87. The van der Waals surface area contributed by atoms with Gasteiger partial charge in [0.25, 0.3) is 11.5 Å². The Labute approximate surface area is 202 Å². The second-order valence-corrected chi connectivity index (χ2v) is 10.5. The van der Waals surface area contributed by atoms with E-state index in [0.29, 0.717) is 12.0 Å². The molecule has 12 heteroatoms. The first-order chi connectivity index (χ1) is 15.3. The Morgan fingerprint density at radius 1 is 1.31 bits per heavy atom. The number of carbonyl (C=O) groups excluding carboxylic acids is 1. The van der Waals surface area contributed by atoms with Crippen molar-refractivity contribution in [1.82, 2.24) is 20.1 Å². The van der Waals surface area contributed by atoms with Crippen LogP contribution in [0.4, 0.5) is 0 Å². The van der Waals surface area contributed by atoms with E-state index >= 15 is 0 Å². The molecule has 168 valence electrons. The van der Waals surface area contributed by atoms with E-state index < -0.39 is 45.1 Å². The van der Waals surface area contributed by atoms with Crippen LogP contribution in [0, 0.1) is 0 Å². The lowest BCUT2D eigenvalue weighted by Crippen LogP contribution is -2.41. The van der Waals surface area contributed by atoms with Crippen LogP contribution in [-0.2, 0) is 11.8 Å². The maximum absolute atomic E-state index is 12.8. The number of allylic oxidation sites excluding steroid dienone is 3. The molecule has 2 aromatic rings. The monoisotopic (exact) mass is 590 g/mol. The first kappa shape index (κ1) is 23.1. The van der Waals surface area contributed by atoms with Crippen molar-refractivity contribution in [3.05, 3.63) is 66.4 Å². The second kappa shape index (κ2) is 9.40. The molecule has 0 saturated carbocycles. The standard InChI is InChI=1S/C20H17Cl2IN4O5/c1-27-19(30)15(14(28)8-25-27)9-2-3-10(23-5-9)4-13(17-20(31)32-17)26-18(29)16-11(21)6-24-7-12(16)22/h2-3,5-8,13,17,20,28,31H,4H2,1H3,(H,26,29)/t13-,17?,20?/m0/s1. The van der Waals surface area contributed by atoms with Gasteiger partial charge in [0.1, 0.15) is 11.9 Å². The number of hydrogen-bond donors (Lipinski definition) is 3. The van der Waals surface area contributed by atoms with Crippen LogP contribution in [0.1, 0.15) is 22.3 Å². The Morgan fingerprint density at radius 2 is 2.00 bits per heavy atom. The molecule has 0 spiro atoms. The van der Waals surface area contributed by atoms with E-state index in [0.717, 1.165) is 8.19 Å². The summed E-state index contributed by atoms with van der Waals surface area (Å²) in [5, 5.41) is 26.7. The normalized spacial score (nSPS) is 20.6. The van der Waals surface area contributed by atoms with E-state index in [1.54, 1.807) is 6.08 Å². The van der Waals surface area contributed by atoms with Crippen LogP contribution >= 0.6 is 43.9 Å². The molecule has 2 aliphatic heterocycles. The van der Waals surface area contributed by atoms with E-state index in [2.05, 4.69) is 15.4 Å². The lowest BCUT2D eigenvalue weighted by molar-refractivity contribution is 0.0931. The fourth-order valence-electron chi connectivity index (χ4n) is 3.17. The van der Waals surface area contributed by atoms with Gasteiger partial charge >= 0.3 is 0 Å². The molecule has 3 N–H and O–H groups in total. The van der Waals surface area contributed by atoms with Crippen LogP contribution in [-0.4, -0.2) is 52.8 Å². The Balaban J connectivity index is 1.54. The predicted molar refractivity (Wildman–Crippen MR) is 128 cm³/mol. The summed E-state index contributed by atoms with van der Waals surface area (Å²) >= 11 is 11.5. The highest BCUT2D eigenvalue weighted by Gasteiger charge is 2.45. The van der Waals surface area contributed by atoms with Crippen LogP contribution in [0.3, 0.4) is 0 Å². The van der Waals surface area contributed by atoms with Gasteiger partial charge in [0, 0.05) is 25.9 Å². The summed E-state index contributed by atoms with van der Waals surface area (Å²) in [6.45, 7) is 0. The van der Waals surface area contributed by atoms with Crippen molar-refractivity contribution in [3.8, 4) is 5.75 Å². The van der Waals surface area contributed by atoms with E-state index in [1.807, 2.05) is 10.2 Å². The summed E-state index contributed by atoms with van der Waals surface area (Å²) in [6, 6.07) is -0.505. The number of amides is 1. The van der Waals surface area contributed by atoms with Gasteiger partial charge in [-0.1, -0.05) is 56.1 Å². The molecule has 1 fully saturated rings. The van der Waals surface area contributed by atoms with Gasteiger partial charge in [-0.2, -0.15) is 5.10 Å². The molecule has 32 heavy (non-hydrogen) atoms. The maximum Gasteiger partial charge on any atom is 0.278 e. The number of halogens is 3. The molecule has 2 aromatic heterocycles. The van der Waals surface area contributed by atoms with Crippen LogP contribution in [0.5, 0.6) is 5.75 Å². The quantitative estimate of drug-likeness (QED) is 0.347. The van der Waals surface area contributed by atoms with Gasteiger partial charge in [-0.3, -0.25) is 14.6 Å². The Morgan fingerprint density at radius 3 is 2.59 bits per heavy atom. The summed E-state index contributed by atoms with van der Waals surface area (Å²) in [5.41, 5.74) is 0.540. The van der Waals surface area contributed by atoms with Crippen molar-refractivity contribution in [2.45, 2.75) is 24.9 Å². The zero-order chi connectivity index (χ0) is 23.0. The van der Waals surface area contributed by atoms with Gasteiger partial charge in [0.05, 0.1) is 33.4 Å². The van der Waals surface area contributed by atoms with Crippen molar-refractivity contribution >= 4 is 58.9 Å². The van der Waals surface area contributed by atoms with Crippen LogP contribution in [0.15, 0.2) is 39.6 Å². The highest BCUT2D eigenvalue weighted by atomic mass is 127. The number of aliphatic hydroxyl groups is 1. The highest BCUT2D eigenvalue weighted by molar-refractivity contribution is 14.2. The largest absolute Gasteiger partial charge is 0.505 e. The van der Waals surface area contributed by atoms with Gasteiger partial charge in [0.15, 0.2) is 6.29 Å². The van der Waals surface area contributed by atoms with Gasteiger partial charge in [-0.05, 0) is 13.2 Å². The van der Waals surface area contributed by atoms with Gasteiger partial charge in [-0.15, -0.1) is 0 Å². The number of aromatic hydroxyl groups is 1. The molecule has 4 heterocycles. The molecule has 0 aromatic carbocycles. The highest BCUT2D eigenvalue weighted by Crippen LogP contribution is 2.31. The minimum atomic E-state index is -0.960. The average Bonchev–Trinajstić information content (AvgIpc) is 3.48. The topological polar surface area (TPSA) is 130 Å². The minimum Gasteiger partial charge on any atom is -0.505 e. The molecule has 1 saturated heterocycles. The number of epoxide rings is 1. The summed E-state index contributed by atoms with van der Waals surface area (Å²) in [7, 11) is 1.51. The summed E-state index contributed by atoms with van der Waals surface area (Å²) in [4.78, 5) is 29.0. The fraction of sp³-hybridized carbons (Fsp3) is 0.250. The molecule has 0 aliphatic carbocycles. The predicted octanol–water partition coefficient (Wildman–Crippen LogP) is 2.15. The number of ether oxygens (including phenoxy) is 1. The second-order valence-electron chi connectivity index (χ2n) is 7.04. The zero-order valence-corrected chi connectivity index (χ0v) is 20.2. The molecule has 9 nitrogen and oxygen atoms in total. The summed E-state index contributed by atoms with van der Waals surface area (Å²) < 4.78 is 9.31. The summed E-state index contributed by atoms with van der Waals surface area (Å²) in [5.74, 6) is -0.669. The minimum absolute atomic E-state index is 0.105. The Bertz CT molecular complexity index is 1220. The molecular weight excluding hydrogens is 574 g/mol. The first-order valence-corrected chi connectivity index (χ1v) is 12.4.